The minimum Gasteiger partial charge on any atom is -0.431 e. The Hall–Kier alpha value is -2.45. The molecule has 6 rings (SSSR count). The van der Waals surface area contributed by atoms with E-state index < -0.39 is 175 Å². The number of hydrogen-bond acceptors (Lipinski definition) is 23. The highest BCUT2D eigenvalue weighted by atomic mass is 32.2. The van der Waals surface area contributed by atoms with Crippen molar-refractivity contribution < 1.29 is 103 Å². The van der Waals surface area contributed by atoms with Gasteiger partial charge < -0.3 is 105 Å². The van der Waals surface area contributed by atoms with Crippen LogP contribution in [0.25, 0.3) is 0 Å². The van der Waals surface area contributed by atoms with Crippen LogP contribution >= 0.6 is 11.8 Å². The molecule has 6 saturated heterocycles. The van der Waals surface area contributed by atoms with Gasteiger partial charge in [-0.1, -0.05) is 27.2 Å². The monoisotopic (exact) mass is 1290 g/mol. The number of amides is 3. The van der Waals surface area contributed by atoms with Crippen LogP contribution in [0.5, 0.6) is 0 Å². The lowest BCUT2D eigenvalue weighted by Gasteiger charge is -2.69. The summed E-state index contributed by atoms with van der Waals surface area (Å²) in [4.78, 5) is 43.8. The Bertz CT molecular complexity index is 2710. The molecular weight excluding hydrogens is 1180 g/mol. The lowest BCUT2D eigenvalue weighted by Crippen LogP contribution is -2.86. The number of aliphatic imine (C=N–C) groups is 1. The lowest BCUT2D eigenvalue weighted by molar-refractivity contribution is -0.417. The number of rotatable bonds is 22. The van der Waals surface area contributed by atoms with Gasteiger partial charge >= 0.3 is 12.0 Å². The van der Waals surface area contributed by atoms with E-state index in [4.69, 9.17) is 37.9 Å². The van der Waals surface area contributed by atoms with Gasteiger partial charge in [-0.15, -0.1) is 0 Å². The number of nitrogens with zero attached hydrogens (tertiary/aromatic N) is 1. The molecule has 6 aliphatic heterocycles. The highest BCUT2D eigenvalue weighted by Gasteiger charge is 2.79. The Morgan fingerprint density at radius 1 is 0.551 bits per heavy atom. The molecule has 0 aromatic heterocycles. The Labute approximate surface area is 530 Å². The van der Waals surface area contributed by atoms with Crippen molar-refractivity contribution in [2.45, 2.75) is 297 Å². The van der Waals surface area contributed by atoms with Gasteiger partial charge in [-0.25, -0.2) is 4.79 Å². The van der Waals surface area contributed by atoms with Crippen molar-refractivity contribution in [2.24, 2.45) is 21.2 Å². The van der Waals surface area contributed by atoms with Crippen molar-refractivity contribution in [3.8, 4) is 0 Å². The van der Waals surface area contributed by atoms with Crippen LogP contribution in [-0.4, -0.2) is 247 Å². The number of hydrogen-bond donors (Lipinski definition) is 13. The fraction of sp³-hybridized carbons (Fsp3) is 0.937. The first-order chi connectivity index (χ1) is 39.7. The SMILES string of the molecule is C=NC12CSC(CCCCC(=O)O[C@]3(C)OC(C)(CO)[C@@](C)(O)C(C)(COC[C@@]4(C)OC(C)(C)[C@@](C)(COC[C@]5(C)OC(C)(CO)[C@@](C)(O)C(C)(O)C5(C)COC[C@]5(C)OC(C)(C)[C@@](C)(O)C(C)(O)C5(C)O)C(C)(O)C4(C)O)C3(C)NC(C)=O)[C@H]1NC(=O)N2. The fourth-order valence-corrected chi connectivity index (χ4v) is 17.5. The molecule has 21 atom stereocenters. The molecule has 6 fully saturated rings. The highest BCUT2D eigenvalue weighted by Crippen LogP contribution is 2.63. The van der Waals surface area contributed by atoms with Crippen LogP contribution in [0.4, 0.5) is 4.79 Å². The summed E-state index contributed by atoms with van der Waals surface area (Å²) in [5.74, 6) is -2.82. The standard InChI is InChI=1S/C63H112N4O21S/c1-38(70)66-53(14)47(8,55(16,74)48(9,29-68)88-62(53,23)84-40(71)28-26-25-27-39-41-63(64-24,37-89-39)67-42(72)65-41)33-83-35-51(12)59(20,78)56(17,75)45(6,43(2,3)85-51)31-81-34-50(11)46(7,57(18,76)58(19,77)49(10,30-69)87-50)32-82-36-52(13)60(21,79)61(22,80)54(15,73)44(4,5)86-52/h39,41,68-69,73-80H,24-37H2,1-23H3,(H,66,70)(H2,65,67,72)/t39?,41-,45-,46?,47?,48?,49?,50+,51-,52+,53?,54-,55+,56?,57?,58-,59?,60?,61?,62-,63?/m1/s1. The molecule has 89 heavy (non-hydrogen) atoms. The molecule has 0 aromatic carbocycles. The molecule has 0 aromatic rings. The van der Waals surface area contributed by atoms with Gasteiger partial charge in [-0.2, -0.15) is 11.8 Å². The summed E-state index contributed by atoms with van der Waals surface area (Å²) in [5, 5.41) is 130. The minimum absolute atomic E-state index is 0.0121. The predicted molar refractivity (Wildman–Crippen MR) is 330 cm³/mol. The number of carbonyl (C=O) groups is 3. The third-order valence-corrected chi connectivity index (χ3v) is 27.3. The maximum absolute atomic E-state index is 14.0. The topological polar surface area (TPSA) is 376 Å². The number of fused-ring (bicyclic) bond motifs is 1. The fourth-order valence-electron chi connectivity index (χ4n) is 15.8. The largest absolute Gasteiger partial charge is 0.431 e. The second-order valence-electron chi connectivity index (χ2n) is 31.4. The summed E-state index contributed by atoms with van der Waals surface area (Å²) < 4.78 is 52.6. The molecule has 6 heterocycles. The van der Waals surface area contributed by atoms with Crippen LogP contribution in [0.1, 0.15) is 185 Å². The van der Waals surface area contributed by atoms with E-state index in [1.165, 1.54) is 90.0 Å². The van der Waals surface area contributed by atoms with Gasteiger partial charge in [0.1, 0.15) is 78.4 Å². The molecule has 516 valence electrons. The number of aliphatic hydroxyl groups is 10. The second-order valence-corrected chi connectivity index (χ2v) is 32.7. The summed E-state index contributed by atoms with van der Waals surface area (Å²) in [5.41, 5.74) is -36.4. The molecule has 0 spiro atoms. The average Bonchev–Trinajstić information content (AvgIpc) is 1.32. The molecule has 25 nitrogen and oxygen atoms in total. The molecule has 0 bridgehead atoms. The van der Waals surface area contributed by atoms with E-state index in [9.17, 15) is 65.4 Å². The second kappa shape index (κ2) is 22.6. The van der Waals surface area contributed by atoms with Gasteiger partial charge in [-0.05, 0) is 144 Å². The summed E-state index contributed by atoms with van der Waals surface area (Å²) in [6.07, 6.45) is 1.53. The quantitative estimate of drug-likeness (QED) is 0.0320. The van der Waals surface area contributed by atoms with Gasteiger partial charge in [0.15, 0.2) is 5.66 Å². The molecule has 13 N–H and O–H groups in total. The zero-order chi connectivity index (χ0) is 68.8. The summed E-state index contributed by atoms with van der Waals surface area (Å²) in [6.45, 7) is 33.9. The van der Waals surface area contributed by atoms with E-state index in [0.717, 1.165) is 0 Å². The third-order valence-electron chi connectivity index (χ3n) is 25.7. The number of carbonyl (C=O) groups excluding carboxylic acids is 3. The lowest BCUT2D eigenvalue weighted by atomic mass is 9.52. The van der Waals surface area contributed by atoms with E-state index in [1.54, 1.807) is 81.0 Å². The minimum atomic E-state index is -2.22. The Morgan fingerprint density at radius 3 is 1.48 bits per heavy atom. The van der Waals surface area contributed by atoms with E-state index in [1.807, 2.05) is 0 Å². The molecule has 3 amide bonds. The van der Waals surface area contributed by atoms with Crippen LogP contribution < -0.4 is 16.0 Å². The molecule has 0 radical (unpaired) electrons. The first-order valence-electron chi connectivity index (χ1n) is 31.0. The molecule has 26 heteroatoms. The Kier molecular flexibility index (Phi) is 19.2. The van der Waals surface area contributed by atoms with E-state index in [2.05, 4.69) is 27.7 Å². The number of urea groups is 1. The summed E-state index contributed by atoms with van der Waals surface area (Å²) >= 11 is 1.65. The molecule has 0 saturated carbocycles. The van der Waals surface area contributed by atoms with Gasteiger partial charge in [0, 0.05) is 31.3 Å². The van der Waals surface area contributed by atoms with Gasteiger partial charge in [0.25, 0.3) is 0 Å². The summed E-state index contributed by atoms with van der Waals surface area (Å²) in [6, 6.07) is -0.584. The summed E-state index contributed by atoms with van der Waals surface area (Å²) in [7, 11) is 0. The van der Waals surface area contributed by atoms with E-state index >= 15 is 0 Å². The Balaban J connectivity index is 1.24. The van der Waals surface area contributed by atoms with Crippen LogP contribution in [-0.2, 0) is 47.5 Å². The maximum atomic E-state index is 14.0. The molecule has 12 unspecified atom stereocenters. The molecule has 0 aliphatic carbocycles. The number of aliphatic hydroxyl groups excluding tert-OH is 2. The maximum Gasteiger partial charge on any atom is 0.317 e. The third kappa shape index (κ3) is 10.3. The van der Waals surface area contributed by atoms with Crippen LogP contribution in [0.3, 0.4) is 0 Å². The van der Waals surface area contributed by atoms with Crippen molar-refractivity contribution in [3.05, 3.63) is 0 Å². The van der Waals surface area contributed by atoms with Crippen molar-refractivity contribution >= 4 is 36.4 Å². The van der Waals surface area contributed by atoms with Gasteiger partial charge in [0.2, 0.25) is 11.7 Å². The zero-order valence-electron chi connectivity index (χ0n) is 57.4. The van der Waals surface area contributed by atoms with Gasteiger partial charge in [-0.3, -0.25) is 14.6 Å². The predicted octanol–water partition coefficient (Wildman–Crippen LogP) is 2.43. The average molecular weight is 1290 g/mol. The smallest absolute Gasteiger partial charge is 0.317 e. The van der Waals surface area contributed by atoms with Crippen molar-refractivity contribution in [3.63, 3.8) is 0 Å². The van der Waals surface area contributed by atoms with Crippen molar-refractivity contribution in [1.82, 2.24) is 16.0 Å². The highest BCUT2D eigenvalue weighted by molar-refractivity contribution is 8.00. The number of nitrogens with one attached hydrogen (secondary N) is 3. The van der Waals surface area contributed by atoms with Crippen molar-refractivity contribution in [1.29, 1.82) is 0 Å². The first kappa shape index (κ1) is 75.6. The van der Waals surface area contributed by atoms with Crippen LogP contribution in [0.2, 0.25) is 0 Å². The van der Waals surface area contributed by atoms with Crippen LogP contribution in [0, 0.1) is 16.2 Å². The van der Waals surface area contributed by atoms with Crippen molar-refractivity contribution in [2.75, 3.05) is 58.6 Å². The number of unbranched alkanes of at least 4 members (excludes halogenated alkanes) is 1. The zero-order valence-corrected chi connectivity index (χ0v) is 58.2. The van der Waals surface area contributed by atoms with E-state index in [-0.39, 0.29) is 30.4 Å². The normalized spacial score (nSPS) is 51.9. The van der Waals surface area contributed by atoms with E-state index in [0.29, 0.717) is 25.0 Å². The first-order valence-corrected chi connectivity index (χ1v) is 32.0. The molecular formula is C63H112N4O21S. The molecule has 6 aliphatic rings. The number of thioether (sulfide) groups is 1. The number of ether oxygens (including phenoxy) is 8. The number of esters is 1. The van der Waals surface area contributed by atoms with Gasteiger partial charge in [0.05, 0.1) is 86.3 Å². The van der Waals surface area contributed by atoms with Crippen LogP contribution in [0.15, 0.2) is 4.99 Å². The Morgan fingerprint density at radius 2 is 0.989 bits per heavy atom.